The lowest BCUT2D eigenvalue weighted by molar-refractivity contribution is 0.322. The molecular weight excluding hydrogens is 302 g/mol. The zero-order valence-electron chi connectivity index (χ0n) is 14.5. The van der Waals surface area contributed by atoms with E-state index in [1.807, 2.05) is 41.2 Å². The zero-order chi connectivity index (χ0) is 17.0. The molecule has 2 rings (SSSR count). The molecule has 0 spiro atoms. The highest BCUT2D eigenvalue weighted by Crippen LogP contribution is 2.10. The molecule has 0 aliphatic carbocycles. The van der Waals surface area contributed by atoms with Crippen molar-refractivity contribution in [2.24, 2.45) is 4.99 Å². The van der Waals surface area contributed by atoms with Crippen LogP contribution in [0.2, 0.25) is 0 Å². The van der Waals surface area contributed by atoms with Crippen molar-refractivity contribution in [1.29, 1.82) is 0 Å². The monoisotopic (exact) mass is 329 g/mol. The Morgan fingerprint density at radius 2 is 2.08 bits per heavy atom. The van der Waals surface area contributed by atoms with E-state index in [1.54, 1.807) is 6.20 Å². The van der Waals surface area contributed by atoms with E-state index in [-0.39, 0.29) is 0 Å². The van der Waals surface area contributed by atoms with Crippen LogP contribution in [0.3, 0.4) is 0 Å². The average molecular weight is 329 g/mol. The Kier molecular flexibility index (Phi) is 7.67. The van der Waals surface area contributed by atoms with Crippen LogP contribution in [0.1, 0.15) is 18.9 Å². The first-order chi connectivity index (χ1) is 11.8. The number of hydrogen-bond donors (Lipinski definition) is 2. The third kappa shape index (κ3) is 6.73. The van der Waals surface area contributed by atoms with Gasteiger partial charge in [-0.3, -0.25) is 9.67 Å². The highest BCUT2D eigenvalue weighted by Gasteiger charge is 1.98. The molecule has 1 aromatic heterocycles. The number of guanidine groups is 1. The summed E-state index contributed by atoms with van der Waals surface area (Å²) < 4.78 is 7.63. The topological polar surface area (TPSA) is 63.5 Å². The van der Waals surface area contributed by atoms with Crippen LogP contribution in [-0.4, -0.2) is 42.0 Å². The highest BCUT2D eigenvalue weighted by atomic mass is 16.5. The second-order valence-electron chi connectivity index (χ2n) is 5.47. The van der Waals surface area contributed by atoms with Crippen molar-refractivity contribution in [3.05, 3.63) is 48.3 Å². The van der Waals surface area contributed by atoms with Crippen molar-refractivity contribution in [1.82, 2.24) is 20.4 Å². The molecule has 0 bridgehead atoms. The minimum atomic E-state index is 0.598. The molecular formula is C18H27N5O. The van der Waals surface area contributed by atoms with Gasteiger partial charge in [-0.25, -0.2) is 0 Å². The molecule has 2 aromatic rings. The molecule has 0 aliphatic heterocycles. The lowest BCUT2D eigenvalue weighted by Gasteiger charge is -2.12. The van der Waals surface area contributed by atoms with Crippen molar-refractivity contribution in [3.8, 4) is 5.75 Å². The van der Waals surface area contributed by atoms with E-state index in [4.69, 9.17) is 4.74 Å². The van der Waals surface area contributed by atoms with E-state index in [1.165, 1.54) is 5.56 Å². The quantitative estimate of drug-likeness (QED) is 0.421. The van der Waals surface area contributed by atoms with E-state index in [0.717, 1.165) is 37.8 Å². The minimum absolute atomic E-state index is 0.598. The van der Waals surface area contributed by atoms with Gasteiger partial charge in [0.05, 0.1) is 6.54 Å². The maximum absolute atomic E-state index is 5.71. The fraction of sp³-hybridized carbons (Fsp3) is 0.444. The number of nitrogens with one attached hydrogen (secondary N) is 2. The number of nitrogens with zero attached hydrogens (tertiary/aromatic N) is 3. The Morgan fingerprint density at radius 3 is 2.79 bits per heavy atom. The van der Waals surface area contributed by atoms with Gasteiger partial charge in [0.25, 0.3) is 0 Å². The molecule has 0 fully saturated rings. The summed E-state index contributed by atoms with van der Waals surface area (Å²) in [5.41, 5.74) is 1.23. The van der Waals surface area contributed by atoms with E-state index in [2.05, 4.69) is 34.6 Å². The van der Waals surface area contributed by atoms with Gasteiger partial charge in [-0.15, -0.1) is 0 Å². The molecule has 130 valence electrons. The largest absolute Gasteiger partial charge is 0.492 e. The van der Waals surface area contributed by atoms with Crippen molar-refractivity contribution >= 4 is 5.96 Å². The number of hydrogen-bond acceptors (Lipinski definition) is 3. The standard InChI is InChI=1S/C18H27N5O/c1-3-19-18(20-10-4-13-23-14-5-11-22-23)21-12-15-24-17-8-6-16(2)7-9-17/h5-9,11,14H,3-4,10,12-13,15H2,1-2H3,(H2,19,20,21). The molecule has 24 heavy (non-hydrogen) atoms. The summed E-state index contributed by atoms with van der Waals surface area (Å²) in [5.74, 6) is 1.72. The Balaban J connectivity index is 1.65. The molecule has 1 aromatic carbocycles. The van der Waals surface area contributed by atoms with Crippen LogP contribution < -0.4 is 15.4 Å². The Hall–Kier alpha value is -2.50. The normalized spacial score (nSPS) is 11.3. The Labute approximate surface area is 143 Å². The molecule has 0 atom stereocenters. The first-order valence-corrected chi connectivity index (χ1v) is 8.47. The van der Waals surface area contributed by atoms with Crippen LogP contribution in [-0.2, 0) is 6.54 Å². The molecule has 0 saturated carbocycles. The summed E-state index contributed by atoms with van der Waals surface area (Å²) in [5, 5.41) is 10.7. The molecule has 0 unspecified atom stereocenters. The summed E-state index contributed by atoms with van der Waals surface area (Å²) >= 11 is 0. The predicted molar refractivity (Wildman–Crippen MR) is 97.5 cm³/mol. The Bertz CT molecular complexity index is 592. The van der Waals surface area contributed by atoms with Crippen molar-refractivity contribution < 1.29 is 4.74 Å². The molecule has 0 saturated heterocycles. The highest BCUT2D eigenvalue weighted by molar-refractivity contribution is 5.79. The summed E-state index contributed by atoms with van der Waals surface area (Å²) in [6.07, 6.45) is 4.72. The molecule has 6 heteroatoms. The van der Waals surface area contributed by atoms with E-state index in [0.29, 0.717) is 13.2 Å². The van der Waals surface area contributed by atoms with Crippen LogP contribution in [0.4, 0.5) is 0 Å². The van der Waals surface area contributed by atoms with Gasteiger partial charge < -0.3 is 15.4 Å². The average Bonchev–Trinajstić information content (AvgIpc) is 3.10. The maximum atomic E-state index is 5.71. The van der Waals surface area contributed by atoms with E-state index in [9.17, 15) is 0 Å². The number of aliphatic imine (C=N–C) groups is 1. The van der Waals surface area contributed by atoms with Gasteiger partial charge in [-0.05, 0) is 38.5 Å². The molecule has 1 heterocycles. The van der Waals surface area contributed by atoms with Gasteiger partial charge in [0.1, 0.15) is 12.4 Å². The van der Waals surface area contributed by atoms with Crippen LogP contribution in [0.15, 0.2) is 47.7 Å². The minimum Gasteiger partial charge on any atom is -0.492 e. The molecule has 0 radical (unpaired) electrons. The van der Waals surface area contributed by atoms with Crippen molar-refractivity contribution in [2.75, 3.05) is 26.2 Å². The number of aromatic nitrogens is 2. The van der Waals surface area contributed by atoms with Crippen molar-refractivity contribution in [2.45, 2.75) is 26.8 Å². The van der Waals surface area contributed by atoms with Gasteiger partial charge in [-0.2, -0.15) is 5.10 Å². The van der Waals surface area contributed by atoms with Gasteiger partial charge in [0.15, 0.2) is 5.96 Å². The maximum Gasteiger partial charge on any atom is 0.191 e. The van der Waals surface area contributed by atoms with E-state index >= 15 is 0 Å². The number of aryl methyl sites for hydroxylation is 2. The third-order valence-electron chi connectivity index (χ3n) is 3.40. The molecule has 0 amide bonds. The molecule has 6 nitrogen and oxygen atoms in total. The number of benzene rings is 1. The van der Waals surface area contributed by atoms with Crippen LogP contribution in [0.25, 0.3) is 0 Å². The second-order valence-corrected chi connectivity index (χ2v) is 5.47. The third-order valence-corrected chi connectivity index (χ3v) is 3.40. The lowest BCUT2D eigenvalue weighted by Crippen LogP contribution is -2.39. The van der Waals surface area contributed by atoms with Gasteiger partial charge in [0, 0.05) is 32.0 Å². The summed E-state index contributed by atoms with van der Waals surface area (Å²) in [4.78, 5) is 4.57. The zero-order valence-corrected chi connectivity index (χ0v) is 14.5. The first-order valence-electron chi connectivity index (χ1n) is 8.47. The van der Waals surface area contributed by atoms with Crippen molar-refractivity contribution in [3.63, 3.8) is 0 Å². The predicted octanol–water partition coefficient (Wildman–Crippen LogP) is 2.22. The van der Waals surface area contributed by atoms with Crippen LogP contribution in [0, 0.1) is 6.92 Å². The molecule has 0 aliphatic rings. The summed E-state index contributed by atoms with van der Waals surface area (Å²) in [7, 11) is 0. The SMILES string of the molecule is CCNC(=NCCCn1cccn1)NCCOc1ccc(C)cc1. The van der Waals surface area contributed by atoms with Gasteiger partial charge >= 0.3 is 0 Å². The smallest absolute Gasteiger partial charge is 0.191 e. The number of ether oxygens (including phenoxy) is 1. The Morgan fingerprint density at radius 1 is 1.25 bits per heavy atom. The van der Waals surface area contributed by atoms with Crippen LogP contribution >= 0.6 is 0 Å². The second kappa shape index (κ2) is 10.3. The number of rotatable bonds is 9. The van der Waals surface area contributed by atoms with Gasteiger partial charge in [0.2, 0.25) is 0 Å². The fourth-order valence-electron chi connectivity index (χ4n) is 2.17. The van der Waals surface area contributed by atoms with Gasteiger partial charge in [-0.1, -0.05) is 17.7 Å². The first kappa shape index (κ1) is 17.8. The summed E-state index contributed by atoms with van der Waals surface area (Å²) in [6.45, 7) is 7.91. The molecule has 2 N–H and O–H groups in total. The van der Waals surface area contributed by atoms with E-state index < -0.39 is 0 Å². The fourth-order valence-corrected chi connectivity index (χ4v) is 2.17. The summed E-state index contributed by atoms with van der Waals surface area (Å²) in [6, 6.07) is 10.0. The van der Waals surface area contributed by atoms with Crippen LogP contribution in [0.5, 0.6) is 5.75 Å². The lowest BCUT2D eigenvalue weighted by atomic mass is 10.2.